The molecule has 2 saturated heterocycles. The van der Waals surface area contributed by atoms with Crippen LogP contribution in [0.1, 0.15) is 32.1 Å². The van der Waals surface area contributed by atoms with Crippen molar-refractivity contribution in [2.75, 3.05) is 75.2 Å². The zero-order valence-corrected chi connectivity index (χ0v) is 25.5. The van der Waals surface area contributed by atoms with Gasteiger partial charge in [0, 0.05) is 39.4 Å². The fourth-order valence-electron chi connectivity index (χ4n) is 6.73. The second kappa shape index (κ2) is 13.6. The summed E-state index contributed by atoms with van der Waals surface area (Å²) in [4.78, 5) is 16.5. The highest BCUT2D eigenvalue weighted by molar-refractivity contribution is 6.31. The van der Waals surface area contributed by atoms with Crippen molar-refractivity contribution in [1.29, 1.82) is 0 Å². The predicted octanol–water partition coefficient (Wildman–Crippen LogP) is 3.57. The number of nitrogens with zero attached hydrogens (tertiary/aromatic N) is 3. The van der Waals surface area contributed by atoms with E-state index in [0.29, 0.717) is 0 Å². The Balaban J connectivity index is 0.846. The predicted molar refractivity (Wildman–Crippen MR) is 171 cm³/mol. The number of pyridine rings is 2. The number of nitrogens with one attached hydrogen (secondary N) is 3. The van der Waals surface area contributed by atoms with Crippen molar-refractivity contribution >= 4 is 56.4 Å². The smallest absolute Gasteiger partial charge is 0.214 e. The van der Waals surface area contributed by atoms with E-state index in [1.165, 1.54) is 93.5 Å². The summed E-state index contributed by atoms with van der Waals surface area (Å²) in [6, 6.07) is 16.6. The molecule has 0 amide bonds. The minimum Gasteiger partial charge on any atom is -0.360 e. The van der Waals surface area contributed by atoms with E-state index in [9.17, 15) is 0 Å². The summed E-state index contributed by atoms with van der Waals surface area (Å²) < 4.78 is 0. The fourth-order valence-corrected chi connectivity index (χ4v) is 7.06. The molecule has 0 atom stereocenters. The largest absolute Gasteiger partial charge is 0.360 e. The van der Waals surface area contributed by atoms with Crippen molar-refractivity contribution in [1.82, 2.24) is 4.98 Å². The lowest BCUT2D eigenvalue weighted by atomic mass is 10.1. The Hall–Kier alpha value is -2.64. The van der Waals surface area contributed by atoms with E-state index in [1.54, 1.807) is 9.80 Å². The molecule has 2 aliphatic rings. The molecule has 6 rings (SSSR count). The summed E-state index contributed by atoms with van der Waals surface area (Å²) in [5.74, 6) is 0. The summed E-state index contributed by atoms with van der Waals surface area (Å²) >= 11 is 12.4. The quantitative estimate of drug-likeness (QED) is 0.276. The summed E-state index contributed by atoms with van der Waals surface area (Å²) in [5, 5.41) is 4.00. The van der Waals surface area contributed by atoms with Gasteiger partial charge in [0.1, 0.15) is 0 Å². The third kappa shape index (κ3) is 7.06. The summed E-state index contributed by atoms with van der Waals surface area (Å²) in [5.41, 5.74) is 4.72. The molecule has 6 nitrogen and oxygen atoms in total. The Bertz CT molecular complexity index is 1340. The Morgan fingerprint density at radius 3 is 1.88 bits per heavy atom. The van der Waals surface area contributed by atoms with Gasteiger partial charge in [-0.2, -0.15) is 0 Å². The summed E-state index contributed by atoms with van der Waals surface area (Å²) in [6.07, 6.45) is 10.8. The maximum Gasteiger partial charge on any atom is 0.214 e. The molecule has 216 valence electrons. The third-order valence-corrected chi connectivity index (χ3v) is 9.57. The number of halogens is 2. The molecule has 0 spiro atoms. The number of rotatable bonds is 10. The number of piperazine rings is 2. The SMILES string of the molecule is Clc1ccc2c(N3CC[NH+](CCCCCCC[NH+]4CCN(c5cc[nH+]c6cc(Cl)ccc56)CC4)CC3)ccnc2c1. The lowest BCUT2D eigenvalue weighted by Crippen LogP contribution is -3.14. The van der Waals surface area contributed by atoms with Gasteiger partial charge >= 0.3 is 0 Å². The van der Waals surface area contributed by atoms with Crippen LogP contribution in [0.4, 0.5) is 11.4 Å². The molecule has 0 saturated carbocycles. The standard InChI is InChI=1S/C33H40Cl2N6/c34-26-6-8-28-30(24-26)36-12-10-32(28)40-20-16-38(17-21-40)14-4-2-1-3-5-15-39-18-22-41(23-19-39)33-11-13-37-31-25-27(35)7-9-29(31)33/h6-13,24-25H,1-5,14-23H2/p+3. The van der Waals surface area contributed by atoms with Crippen LogP contribution in [0.5, 0.6) is 0 Å². The van der Waals surface area contributed by atoms with Gasteiger partial charge in [0.15, 0.2) is 6.20 Å². The van der Waals surface area contributed by atoms with E-state index >= 15 is 0 Å². The van der Waals surface area contributed by atoms with E-state index in [4.69, 9.17) is 23.2 Å². The van der Waals surface area contributed by atoms with Crippen LogP contribution in [0.15, 0.2) is 60.9 Å². The average molecular weight is 595 g/mol. The summed E-state index contributed by atoms with van der Waals surface area (Å²) in [6.45, 7) is 12.0. The first-order valence-corrected chi connectivity index (χ1v) is 16.2. The monoisotopic (exact) mass is 593 g/mol. The Morgan fingerprint density at radius 1 is 0.659 bits per heavy atom. The highest BCUT2D eigenvalue weighted by Crippen LogP contribution is 2.28. The van der Waals surface area contributed by atoms with Crippen molar-refractivity contribution in [3.8, 4) is 0 Å². The van der Waals surface area contributed by atoms with Gasteiger partial charge in [0.05, 0.1) is 82.0 Å². The Kier molecular flexibility index (Phi) is 9.42. The first-order valence-electron chi connectivity index (χ1n) is 15.5. The number of aromatic nitrogens is 2. The van der Waals surface area contributed by atoms with Crippen molar-refractivity contribution in [2.45, 2.75) is 32.1 Å². The highest BCUT2D eigenvalue weighted by atomic mass is 35.5. The van der Waals surface area contributed by atoms with Crippen LogP contribution in [0, 0.1) is 0 Å². The zero-order chi connectivity index (χ0) is 28.0. The molecular formula is C33H43Cl2N6+3. The molecule has 2 aliphatic heterocycles. The molecule has 2 fully saturated rings. The molecule has 0 aliphatic carbocycles. The number of hydrogen-bond acceptors (Lipinski definition) is 3. The maximum absolute atomic E-state index is 6.20. The van der Waals surface area contributed by atoms with Gasteiger partial charge < -0.3 is 19.6 Å². The van der Waals surface area contributed by atoms with Crippen molar-refractivity contribution < 1.29 is 14.8 Å². The van der Waals surface area contributed by atoms with Crippen molar-refractivity contribution in [2.24, 2.45) is 0 Å². The Morgan fingerprint density at radius 2 is 1.22 bits per heavy atom. The number of anilines is 2. The molecule has 3 N–H and O–H groups in total. The van der Waals surface area contributed by atoms with Gasteiger partial charge in [-0.3, -0.25) is 4.98 Å². The maximum atomic E-state index is 6.20. The molecular weight excluding hydrogens is 551 g/mol. The van der Waals surface area contributed by atoms with Crippen LogP contribution in [0.25, 0.3) is 21.8 Å². The molecule has 2 aromatic carbocycles. The van der Waals surface area contributed by atoms with Crippen LogP contribution >= 0.6 is 23.2 Å². The van der Waals surface area contributed by atoms with Gasteiger partial charge in [-0.25, -0.2) is 4.98 Å². The molecule has 0 unspecified atom stereocenters. The number of aromatic amines is 1. The second-order valence-corrected chi connectivity index (χ2v) is 12.7. The first-order chi connectivity index (χ1) is 20.1. The first kappa shape index (κ1) is 28.5. The minimum absolute atomic E-state index is 0.749. The van der Waals surface area contributed by atoms with Crippen LogP contribution in [-0.2, 0) is 0 Å². The van der Waals surface area contributed by atoms with Gasteiger partial charge in [-0.15, -0.1) is 0 Å². The van der Waals surface area contributed by atoms with E-state index in [0.717, 1.165) is 47.3 Å². The second-order valence-electron chi connectivity index (χ2n) is 11.8. The van der Waals surface area contributed by atoms with Gasteiger partial charge in [0.2, 0.25) is 5.52 Å². The molecule has 0 bridgehead atoms. The summed E-state index contributed by atoms with van der Waals surface area (Å²) in [7, 11) is 0. The number of hydrogen-bond donors (Lipinski definition) is 2. The van der Waals surface area contributed by atoms with Crippen LogP contribution in [-0.4, -0.2) is 70.4 Å². The topological polar surface area (TPSA) is 42.4 Å². The molecule has 2 aromatic heterocycles. The number of H-pyrrole nitrogens is 1. The lowest BCUT2D eigenvalue weighted by molar-refractivity contribution is -0.901. The van der Waals surface area contributed by atoms with Crippen LogP contribution in [0.2, 0.25) is 10.0 Å². The highest BCUT2D eigenvalue weighted by Gasteiger charge is 2.23. The van der Waals surface area contributed by atoms with Crippen LogP contribution in [0.3, 0.4) is 0 Å². The Labute approximate surface area is 253 Å². The van der Waals surface area contributed by atoms with E-state index in [-0.39, 0.29) is 0 Å². The molecule has 4 aromatic rings. The van der Waals surface area contributed by atoms with Crippen molar-refractivity contribution in [3.05, 3.63) is 71.0 Å². The number of benzene rings is 2. The molecule has 41 heavy (non-hydrogen) atoms. The van der Waals surface area contributed by atoms with E-state index in [1.807, 2.05) is 36.7 Å². The normalized spacial score (nSPS) is 17.1. The average Bonchev–Trinajstić information content (AvgIpc) is 3.00. The van der Waals surface area contributed by atoms with Crippen molar-refractivity contribution in [3.63, 3.8) is 0 Å². The minimum atomic E-state index is 0.749. The number of quaternary nitrogens is 2. The molecule has 4 heterocycles. The van der Waals surface area contributed by atoms with E-state index < -0.39 is 0 Å². The fraction of sp³-hybridized carbons (Fsp3) is 0.455. The number of unbranched alkanes of at least 4 members (excludes halogenated alkanes) is 4. The molecule has 0 radical (unpaired) electrons. The molecule has 8 heteroatoms. The zero-order valence-electron chi connectivity index (χ0n) is 24.0. The lowest BCUT2D eigenvalue weighted by Gasteiger charge is -2.34. The third-order valence-electron chi connectivity index (χ3n) is 9.10. The van der Waals surface area contributed by atoms with Gasteiger partial charge in [0.25, 0.3) is 0 Å². The number of fused-ring (bicyclic) bond motifs is 2. The van der Waals surface area contributed by atoms with E-state index in [2.05, 4.69) is 44.0 Å². The van der Waals surface area contributed by atoms with Gasteiger partial charge in [-0.1, -0.05) is 29.6 Å². The van der Waals surface area contributed by atoms with Gasteiger partial charge in [-0.05, 0) is 62.1 Å². The van der Waals surface area contributed by atoms with Crippen LogP contribution < -0.4 is 24.6 Å².